The summed E-state index contributed by atoms with van der Waals surface area (Å²) in [4.78, 5) is 14.4. The number of likely N-dealkylation sites (N-methyl/N-ethyl adjacent to an activating group) is 1. The number of carbonyl (C=O) groups excluding carboxylic acids is 1. The first-order valence-electron chi connectivity index (χ1n) is 8.58. The minimum absolute atomic E-state index is 0.0528. The third-order valence-corrected chi connectivity index (χ3v) is 4.15. The molecule has 1 amide bonds. The van der Waals surface area contributed by atoms with Crippen LogP contribution in [0.15, 0.2) is 54.6 Å². The Morgan fingerprint density at radius 1 is 1.24 bits per heavy atom. The summed E-state index contributed by atoms with van der Waals surface area (Å²) in [5, 5.41) is 2.93. The van der Waals surface area contributed by atoms with Gasteiger partial charge in [-0.3, -0.25) is 4.79 Å². The zero-order valence-electron chi connectivity index (χ0n) is 14.5. The lowest BCUT2D eigenvalue weighted by atomic mass is 10.1. The van der Waals surface area contributed by atoms with E-state index in [1.807, 2.05) is 54.6 Å². The van der Waals surface area contributed by atoms with Gasteiger partial charge < -0.3 is 19.7 Å². The third-order valence-electron chi connectivity index (χ3n) is 4.15. The Morgan fingerprint density at radius 3 is 2.88 bits per heavy atom. The number of benzene rings is 2. The summed E-state index contributed by atoms with van der Waals surface area (Å²) in [5.41, 5.74) is 1.88. The van der Waals surface area contributed by atoms with Gasteiger partial charge in [-0.05, 0) is 36.9 Å². The molecule has 1 atom stereocenters. The van der Waals surface area contributed by atoms with Crippen LogP contribution in [-0.2, 0) is 9.53 Å². The van der Waals surface area contributed by atoms with E-state index in [2.05, 4.69) is 17.3 Å². The van der Waals surface area contributed by atoms with Gasteiger partial charge in [-0.25, -0.2) is 0 Å². The second-order valence-corrected chi connectivity index (χ2v) is 6.21. The maximum Gasteiger partial charge on any atom is 0.227 e. The van der Waals surface area contributed by atoms with Crippen LogP contribution in [0.2, 0.25) is 0 Å². The molecule has 2 aromatic carbocycles. The van der Waals surface area contributed by atoms with E-state index in [4.69, 9.17) is 9.47 Å². The molecular weight excluding hydrogens is 316 g/mol. The molecule has 0 aromatic heterocycles. The number of nitrogens with zero attached hydrogens (tertiary/aromatic N) is 1. The normalized spacial score (nSPS) is 17.9. The largest absolute Gasteiger partial charge is 0.493 e. The molecular formula is C20H24N2O3. The molecule has 0 saturated carbocycles. The smallest absolute Gasteiger partial charge is 0.227 e. The fourth-order valence-electron chi connectivity index (χ4n) is 2.80. The van der Waals surface area contributed by atoms with Crippen LogP contribution in [0.3, 0.4) is 0 Å². The lowest BCUT2D eigenvalue weighted by Crippen LogP contribution is -2.35. The number of hydrogen-bond donors (Lipinski definition) is 1. The average Bonchev–Trinajstić information content (AvgIpc) is 2.63. The van der Waals surface area contributed by atoms with Gasteiger partial charge in [0.1, 0.15) is 5.75 Å². The zero-order chi connectivity index (χ0) is 17.5. The highest BCUT2D eigenvalue weighted by molar-refractivity contribution is 5.90. The predicted molar refractivity (Wildman–Crippen MR) is 97.8 cm³/mol. The van der Waals surface area contributed by atoms with E-state index in [0.29, 0.717) is 13.0 Å². The quantitative estimate of drug-likeness (QED) is 0.878. The van der Waals surface area contributed by atoms with Crippen LogP contribution >= 0.6 is 0 Å². The Morgan fingerprint density at radius 2 is 2.08 bits per heavy atom. The van der Waals surface area contributed by atoms with Gasteiger partial charge >= 0.3 is 0 Å². The van der Waals surface area contributed by atoms with Crippen molar-refractivity contribution in [3.05, 3.63) is 60.2 Å². The molecule has 0 aliphatic carbocycles. The van der Waals surface area contributed by atoms with Crippen molar-refractivity contribution in [2.24, 2.45) is 0 Å². The Hall–Kier alpha value is -2.37. The summed E-state index contributed by atoms with van der Waals surface area (Å²) in [5.74, 6) is 0.714. The van der Waals surface area contributed by atoms with Crippen molar-refractivity contribution in [1.29, 1.82) is 0 Å². The summed E-state index contributed by atoms with van der Waals surface area (Å²) in [6, 6.07) is 17.4. The molecule has 2 aromatic rings. The van der Waals surface area contributed by atoms with Crippen molar-refractivity contribution in [3.63, 3.8) is 0 Å². The van der Waals surface area contributed by atoms with Gasteiger partial charge in [-0.15, -0.1) is 0 Å². The number of rotatable bonds is 6. The lowest BCUT2D eigenvalue weighted by Gasteiger charge is -2.30. The summed E-state index contributed by atoms with van der Waals surface area (Å²) < 4.78 is 11.4. The first-order valence-corrected chi connectivity index (χ1v) is 8.58. The van der Waals surface area contributed by atoms with E-state index < -0.39 is 0 Å². The van der Waals surface area contributed by atoms with Crippen molar-refractivity contribution in [3.8, 4) is 5.75 Å². The number of ether oxygens (including phenoxy) is 2. The van der Waals surface area contributed by atoms with Crippen molar-refractivity contribution in [1.82, 2.24) is 4.90 Å². The Bertz CT molecular complexity index is 690. The summed E-state index contributed by atoms with van der Waals surface area (Å²) >= 11 is 0. The van der Waals surface area contributed by atoms with E-state index in [-0.39, 0.29) is 12.0 Å². The van der Waals surface area contributed by atoms with Gasteiger partial charge in [0, 0.05) is 18.8 Å². The number of anilines is 1. The second kappa shape index (κ2) is 8.65. The van der Waals surface area contributed by atoms with Crippen LogP contribution in [0.1, 0.15) is 18.1 Å². The van der Waals surface area contributed by atoms with Crippen LogP contribution in [0.4, 0.5) is 5.69 Å². The van der Waals surface area contributed by atoms with E-state index in [9.17, 15) is 4.79 Å². The number of hydrogen-bond acceptors (Lipinski definition) is 4. The highest BCUT2D eigenvalue weighted by atomic mass is 16.5. The molecule has 0 radical (unpaired) electrons. The highest BCUT2D eigenvalue weighted by Gasteiger charge is 2.19. The van der Waals surface area contributed by atoms with Crippen molar-refractivity contribution in [2.45, 2.75) is 12.5 Å². The fraction of sp³-hybridized carbons (Fsp3) is 0.350. The van der Waals surface area contributed by atoms with Gasteiger partial charge in [-0.1, -0.05) is 30.3 Å². The molecule has 0 spiro atoms. The maximum atomic E-state index is 12.1. The van der Waals surface area contributed by atoms with Crippen LogP contribution in [0.25, 0.3) is 0 Å². The first-order chi connectivity index (χ1) is 12.2. The molecule has 1 aliphatic rings. The Kier molecular flexibility index (Phi) is 6.04. The zero-order valence-corrected chi connectivity index (χ0v) is 14.5. The summed E-state index contributed by atoms with van der Waals surface area (Å²) in [6.07, 6.45) is 0.360. The van der Waals surface area contributed by atoms with Crippen LogP contribution in [0, 0.1) is 0 Å². The van der Waals surface area contributed by atoms with Crippen LogP contribution in [0.5, 0.6) is 5.75 Å². The number of carbonyl (C=O) groups is 1. The summed E-state index contributed by atoms with van der Waals surface area (Å²) in [6.45, 7) is 2.90. The standard InChI is InChI=1S/C20H24N2O3/c1-22-11-13-25-19(15-22)16-6-5-7-17(14-16)21-20(23)10-12-24-18-8-3-2-4-9-18/h2-9,14,19H,10-13,15H2,1H3,(H,21,23). The van der Waals surface area contributed by atoms with E-state index >= 15 is 0 Å². The Balaban J connectivity index is 1.50. The molecule has 0 bridgehead atoms. The van der Waals surface area contributed by atoms with Gasteiger partial charge in [0.2, 0.25) is 5.91 Å². The van der Waals surface area contributed by atoms with E-state index in [1.165, 1.54) is 0 Å². The number of para-hydroxylation sites is 1. The molecule has 3 rings (SSSR count). The second-order valence-electron chi connectivity index (χ2n) is 6.21. The number of morpholine rings is 1. The highest BCUT2D eigenvalue weighted by Crippen LogP contribution is 2.24. The average molecular weight is 340 g/mol. The van der Waals surface area contributed by atoms with E-state index in [0.717, 1.165) is 36.7 Å². The molecule has 132 valence electrons. The van der Waals surface area contributed by atoms with E-state index in [1.54, 1.807) is 0 Å². The molecule has 25 heavy (non-hydrogen) atoms. The number of nitrogens with one attached hydrogen (secondary N) is 1. The van der Waals surface area contributed by atoms with Gasteiger partial charge in [0.15, 0.2) is 0 Å². The molecule has 1 N–H and O–H groups in total. The molecule has 1 unspecified atom stereocenters. The van der Waals surface area contributed by atoms with Gasteiger partial charge in [-0.2, -0.15) is 0 Å². The lowest BCUT2D eigenvalue weighted by molar-refractivity contribution is -0.116. The predicted octanol–water partition coefficient (Wildman–Crippen LogP) is 3.10. The molecule has 1 heterocycles. The minimum Gasteiger partial charge on any atom is -0.493 e. The van der Waals surface area contributed by atoms with Crippen molar-refractivity contribution in [2.75, 3.05) is 38.7 Å². The molecule has 5 nitrogen and oxygen atoms in total. The third kappa shape index (κ3) is 5.31. The molecule has 1 saturated heterocycles. The number of amides is 1. The summed E-state index contributed by atoms with van der Waals surface area (Å²) in [7, 11) is 2.09. The van der Waals surface area contributed by atoms with Gasteiger partial charge in [0.25, 0.3) is 0 Å². The Labute approximate surface area is 148 Å². The minimum atomic E-state index is -0.0604. The topological polar surface area (TPSA) is 50.8 Å². The van der Waals surface area contributed by atoms with Crippen LogP contribution in [-0.4, -0.2) is 44.2 Å². The fourth-order valence-corrected chi connectivity index (χ4v) is 2.80. The van der Waals surface area contributed by atoms with Crippen molar-refractivity contribution >= 4 is 11.6 Å². The molecule has 1 fully saturated rings. The molecule has 5 heteroatoms. The molecule has 1 aliphatic heterocycles. The SMILES string of the molecule is CN1CCOC(c2cccc(NC(=O)CCOc3ccccc3)c2)C1. The first kappa shape index (κ1) is 17.5. The van der Waals surface area contributed by atoms with Crippen molar-refractivity contribution < 1.29 is 14.3 Å². The maximum absolute atomic E-state index is 12.1. The monoisotopic (exact) mass is 340 g/mol. The van der Waals surface area contributed by atoms with Gasteiger partial charge in [0.05, 0.1) is 25.7 Å². The van der Waals surface area contributed by atoms with Crippen LogP contribution < -0.4 is 10.1 Å².